The maximum absolute atomic E-state index is 12.3. The highest BCUT2D eigenvalue weighted by molar-refractivity contribution is 7.87. The summed E-state index contributed by atoms with van der Waals surface area (Å²) in [7, 11) is -3.87. The molecule has 3 rings (SSSR count). The third-order valence-electron chi connectivity index (χ3n) is 3.64. The van der Waals surface area contributed by atoms with Crippen LogP contribution in [0, 0.1) is 12.3 Å². The van der Waals surface area contributed by atoms with Gasteiger partial charge in [-0.05, 0) is 48.0 Å². The Labute approximate surface area is 140 Å². The lowest BCUT2D eigenvalue weighted by atomic mass is 10.1. The second kappa shape index (κ2) is 5.98. The Morgan fingerprint density at radius 3 is 2.25 bits per heavy atom. The van der Waals surface area contributed by atoms with E-state index >= 15 is 0 Å². The highest BCUT2D eigenvalue weighted by atomic mass is 32.2. The van der Waals surface area contributed by atoms with Gasteiger partial charge in [0.05, 0.1) is 0 Å². The largest absolute Gasteiger partial charge is 0.384 e. The topological polar surface area (TPSA) is 93.2 Å². The molecule has 0 atom stereocenters. The van der Waals surface area contributed by atoms with Gasteiger partial charge >= 0.3 is 10.1 Å². The number of fused-ring (bicyclic) bond motifs is 1. The van der Waals surface area contributed by atoms with Crippen LogP contribution in [0.3, 0.4) is 0 Å². The van der Waals surface area contributed by atoms with Crippen molar-refractivity contribution in [1.29, 1.82) is 5.41 Å². The van der Waals surface area contributed by atoms with E-state index in [1.54, 1.807) is 48.5 Å². The van der Waals surface area contributed by atoms with Gasteiger partial charge in [0.15, 0.2) is 0 Å². The third-order valence-corrected chi connectivity index (χ3v) is 4.90. The van der Waals surface area contributed by atoms with Crippen molar-refractivity contribution >= 4 is 26.7 Å². The molecule has 0 aliphatic heterocycles. The Balaban J connectivity index is 1.93. The predicted octanol–water partition coefficient (Wildman–Crippen LogP) is 3.20. The SMILES string of the molecule is Cc1ccc(S(=O)(=O)Oc2ccc3cc(C(=N)N)ccc3c2)cc1. The number of nitrogens with one attached hydrogen (secondary N) is 1. The molecule has 0 aliphatic carbocycles. The van der Waals surface area contributed by atoms with E-state index in [9.17, 15) is 8.42 Å². The van der Waals surface area contributed by atoms with Gasteiger partial charge in [-0.3, -0.25) is 5.41 Å². The normalized spacial score (nSPS) is 11.4. The molecule has 0 bridgehead atoms. The molecule has 3 aromatic rings. The van der Waals surface area contributed by atoms with Gasteiger partial charge in [-0.2, -0.15) is 8.42 Å². The molecule has 24 heavy (non-hydrogen) atoms. The van der Waals surface area contributed by atoms with Gasteiger partial charge in [0, 0.05) is 5.56 Å². The second-order valence-corrected chi connectivity index (χ2v) is 7.03. The Kier molecular flexibility index (Phi) is 3.99. The lowest BCUT2D eigenvalue weighted by Gasteiger charge is -2.09. The minimum atomic E-state index is -3.87. The average Bonchev–Trinajstić information content (AvgIpc) is 2.54. The van der Waals surface area contributed by atoms with E-state index in [-0.39, 0.29) is 16.5 Å². The molecule has 0 unspecified atom stereocenters. The highest BCUT2D eigenvalue weighted by Crippen LogP contribution is 2.25. The first-order chi connectivity index (χ1) is 11.3. The van der Waals surface area contributed by atoms with Gasteiger partial charge in [-0.15, -0.1) is 0 Å². The number of nitrogen functional groups attached to an aromatic ring is 1. The molecule has 0 saturated carbocycles. The van der Waals surface area contributed by atoms with Crippen molar-refractivity contribution in [3.05, 3.63) is 71.8 Å². The fourth-order valence-electron chi connectivity index (χ4n) is 2.32. The van der Waals surface area contributed by atoms with Crippen LogP contribution in [0.1, 0.15) is 11.1 Å². The zero-order valence-corrected chi connectivity index (χ0v) is 13.8. The Morgan fingerprint density at radius 2 is 1.58 bits per heavy atom. The lowest BCUT2D eigenvalue weighted by molar-refractivity contribution is 0.486. The summed E-state index contributed by atoms with van der Waals surface area (Å²) >= 11 is 0. The molecule has 0 fully saturated rings. The van der Waals surface area contributed by atoms with E-state index < -0.39 is 10.1 Å². The zero-order chi connectivity index (χ0) is 17.3. The summed E-state index contributed by atoms with van der Waals surface area (Å²) in [4.78, 5) is 0.111. The molecule has 6 heteroatoms. The fraction of sp³-hybridized carbons (Fsp3) is 0.0556. The van der Waals surface area contributed by atoms with Crippen molar-refractivity contribution < 1.29 is 12.6 Å². The standard InChI is InChI=1S/C18H16N2O3S/c1-12-2-8-17(9-3-12)24(21,22)23-16-7-6-13-10-15(18(19)20)5-4-14(13)11-16/h2-11H,1H3,(H3,19,20). The van der Waals surface area contributed by atoms with Crippen LogP contribution in [0.2, 0.25) is 0 Å². The fourth-order valence-corrected chi connectivity index (χ4v) is 3.25. The second-order valence-electron chi connectivity index (χ2n) is 5.49. The van der Waals surface area contributed by atoms with E-state index in [0.29, 0.717) is 5.56 Å². The van der Waals surface area contributed by atoms with Crippen molar-refractivity contribution in [2.45, 2.75) is 11.8 Å². The minimum absolute atomic E-state index is 0.0147. The molecule has 3 N–H and O–H groups in total. The smallest absolute Gasteiger partial charge is 0.339 e. The summed E-state index contributed by atoms with van der Waals surface area (Å²) in [6.45, 7) is 1.88. The average molecular weight is 340 g/mol. The first-order valence-electron chi connectivity index (χ1n) is 7.24. The molecule has 0 radical (unpaired) electrons. The number of benzene rings is 3. The number of rotatable bonds is 4. The quantitative estimate of drug-likeness (QED) is 0.433. The summed E-state index contributed by atoms with van der Waals surface area (Å²) in [5.41, 5.74) is 7.06. The van der Waals surface area contributed by atoms with E-state index in [0.717, 1.165) is 16.3 Å². The van der Waals surface area contributed by atoms with E-state index in [1.165, 1.54) is 12.1 Å². The summed E-state index contributed by atoms with van der Waals surface area (Å²) in [5.74, 6) is 0.220. The molecule has 0 heterocycles. The summed E-state index contributed by atoms with van der Waals surface area (Å²) < 4.78 is 29.9. The zero-order valence-electron chi connectivity index (χ0n) is 13.0. The Morgan fingerprint density at radius 1 is 0.958 bits per heavy atom. The van der Waals surface area contributed by atoms with Crippen LogP contribution < -0.4 is 9.92 Å². The van der Waals surface area contributed by atoms with Crippen molar-refractivity contribution in [1.82, 2.24) is 0 Å². The summed E-state index contributed by atoms with van der Waals surface area (Å²) in [6, 6.07) is 16.7. The van der Waals surface area contributed by atoms with Crippen molar-refractivity contribution in [3.63, 3.8) is 0 Å². The molecule has 5 nitrogen and oxygen atoms in total. The molecular weight excluding hydrogens is 324 g/mol. The maximum Gasteiger partial charge on any atom is 0.339 e. The van der Waals surface area contributed by atoms with Crippen LogP contribution >= 0.6 is 0 Å². The van der Waals surface area contributed by atoms with Crippen molar-refractivity contribution in [2.75, 3.05) is 0 Å². The molecular formula is C18H16N2O3S. The van der Waals surface area contributed by atoms with E-state index in [4.69, 9.17) is 15.3 Å². The first-order valence-corrected chi connectivity index (χ1v) is 8.65. The van der Waals surface area contributed by atoms with E-state index in [2.05, 4.69) is 0 Å². The minimum Gasteiger partial charge on any atom is -0.384 e. The summed E-state index contributed by atoms with van der Waals surface area (Å²) in [6.07, 6.45) is 0. The number of hydrogen-bond donors (Lipinski definition) is 2. The molecule has 0 amide bonds. The van der Waals surface area contributed by atoms with Crippen LogP contribution in [0.4, 0.5) is 0 Å². The molecule has 0 saturated heterocycles. The van der Waals surface area contributed by atoms with Gasteiger partial charge in [-0.1, -0.05) is 35.9 Å². The first kappa shape index (κ1) is 16.0. The number of hydrogen-bond acceptors (Lipinski definition) is 4. The Hall–Kier alpha value is -2.86. The van der Waals surface area contributed by atoms with E-state index in [1.807, 2.05) is 6.92 Å². The van der Waals surface area contributed by atoms with Gasteiger partial charge < -0.3 is 9.92 Å². The maximum atomic E-state index is 12.3. The molecule has 3 aromatic carbocycles. The molecule has 0 aromatic heterocycles. The number of amidine groups is 1. The van der Waals surface area contributed by atoms with Gasteiger partial charge in [0.1, 0.15) is 16.5 Å². The van der Waals surface area contributed by atoms with Gasteiger partial charge in [0.2, 0.25) is 0 Å². The number of nitrogens with two attached hydrogens (primary N) is 1. The molecule has 122 valence electrons. The van der Waals surface area contributed by atoms with Crippen LogP contribution in [0.5, 0.6) is 5.75 Å². The Bertz CT molecular complexity index is 1030. The molecule has 0 spiro atoms. The monoisotopic (exact) mass is 340 g/mol. The number of aryl methyl sites for hydroxylation is 1. The van der Waals surface area contributed by atoms with Gasteiger partial charge in [0.25, 0.3) is 0 Å². The lowest BCUT2D eigenvalue weighted by Crippen LogP contribution is -2.10. The summed E-state index contributed by atoms with van der Waals surface area (Å²) in [5, 5.41) is 9.11. The van der Waals surface area contributed by atoms with Crippen LogP contribution in [-0.4, -0.2) is 14.3 Å². The van der Waals surface area contributed by atoms with Crippen LogP contribution in [0.25, 0.3) is 10.8 Å². The van der Waals surface area contributed by atoms with Crippen molar-refractivity contribution in [2.24, 2.45) is 5.73 Å². The third kappa shape index (κ3) is 3.23. The van der Waals surface area contributed by atoms with Crippen molar-refractivity contribution in [3.8, 4) is 5.75 Å². The highest BCUT2D eigenvalue weighted by Gasteiger charge is 2.16. The van der Waals surface area contributed by atoms with Crippen LogP contribution in [0.15, 0.2) is 65.6 Å². The predicted molar refractivity (Wildman–Crippen MR) is 94.0 cm³/mol. The van der Waals surface area contributed by atoms with Crippen LogP contribution in [-0.2, 0) is 10.1 Å². The molecule has 0 aliphatic rings. The van der Waals surface area contributed by atoms with Gasteiger partial charge in [-0.25, -0.2) is 0 Å².